The maximum Gasteiger partial charge on any atom is 0.0900 e. The van der Waals surface area contributed by atoms with Gasteiger partial charge in [-0.2, -0.15) is 0 Å². The minimum Gasteiger partial charge on any atom is -0.389 e. The molecule has 1 aromatic rings. The van der Waals surface area contributed by atoms with Gasteiger partial charge in [0.15, 0.2) is 0 Å². The molecule has 1 aliphatic heterocycles. The van der Waals surface area contributed by atoms with E-state index in [4.69, 9.17) is 4.74 Å². The Labute approximate surface area is 128 Å². The first-order valence-electron chi connectivity index (χ1n) is 8.23. The molecule has 1 aromatic carbocycles. The van der Waals surface area contributed by atoms with E-state index in [1.165, 1.54) is 24.8 Å². The number of likely N-dealkylation sites (tertiary alicyclic amines) is 1. The van der Waals surface area contributed by atoms with Crippen LogP contribution < -0.4 is 0 Å². The molecule has 2 unspecified atom stereocenters. The number of aliphatic hydroxyl groups is 1. The molecule has 21 heavy (non-hydrogen) atoms. The fourth-order valence-corrected chi connectivity index (χ4v) is 3.07. The average molecular weight is 291 g/mol. The van der Waals surface area contributed by atoms with Crippen LogP contribution in [0.25, 0.3) is 0 Å². The van der Waals surface area contributed by atoms with Crippen molar-refractivity contribution in [3.63, 3.8) is 0 Å². The quantitative estimate of drug-likeness (QED) is 0.799. The predicted octanol–water partition coefficient (Wildman–Crippen LogP) is 2.87. The van der Waals surface area contributed by atoms with Gasteiger partial charge in [-0.25, -0.2) is 0 Å². The molecule has 2 atom stereocenters. The van der Waals surface area contributed by atoms with E-state index in [2.05, 4.69) is 35.2 Å². The van der Waals surface area contributed by atoms with Crippen LogP contribution in [0, 0.1) is 0 Å². The van der Waals surface area contributed by atoms with Gasteiger partial charge in [-0.05, 0) is 51.6 Å². The van der Waals surface area contributed by atoms with Crippen LogP contribution in [0.1, 0.15) is 38.7 Å². The molecule has 0 aromatic heterocycles. The molecule has 1 N–H and O–H groups in total. The summed E-state index contributed by atoms with van der Waals surface area (Å²) < 4.78 is 5.50. The highest BCUT2D eigenvalue weighted by Gasteiger charge is 2.25. The van der Waals surface area contributed by atoms with Gasteiger partial charge in [0.2, 0.25) is 0 Å². The molecule has 1 heterocycles. The smallest absolute Gasteiger partial charge is 0.0900 e. The second kappa shape index (κ2) is 8.52. The van der Waals surface area contributed by atoms with Crippen molar-refractivity contribution in [1.29, 1.82) is 0 Å². The Bertz CT molecular complexity index is 393. The molecule has 0 bridgehead atoms. The highest BCUT2D eigenvalue weighted by atomic mass is 16.5. The van der Waals surface area contributed by atoms with Gasteiger partial charge in [-0.1, -0.05) is 30.3 Å². The fraction of sp³-hybridized carbons (Fsp3) is 0.667. The van der Waals surface area contributed by atoms with E-state index in [1.807, 2.05) is 13.8 Å². The van der Waals surface area contributed by atoms with Crippen LogP contribution in [-0.4, -0.2) is 48.0 Å². The Hall–Kier alpha value is -0.900. The summed E-state index contributed by atoms with van der Waals surface area (Å²) in [4.78, 5) is 2.44. The number of rotatable bonds is 8. The summed E-state index contributed by atoms with van der Waals surface area (Å²) in [5, 5.41) is 10.1. The zero-order chi connectivity index (χ0) is 15.1. The van der Waals surface area contributed by atoms with Gasteiger partial charge in [0, 0.05) is 12.6 Å². The first kappa shape index (κ1) is 16.5. The van der Waals surface area contributed by atoms with E-state index in [9.17, 15) is 5.11 Å². The Kier molecular flexibility index (Phi) is 6.68. The summed E-state index contributed by atoms with van der Waals surface area (Å²) in [5.74, 6) is 0. The summed E-state index contributed by atoms with van der Waals surface area (Å²) in [6.45, 7) is 6.31. The zero-order valence-corrected chi connectivity index (χ0v) is 13.4. The lowest BCUT2D eigenvalue weighted by Gasteiger charge is -2.27. The van der Waals surface area contributed by atoms with Crippen molar-refractivity contribution in [3.05, 3.63) is 35.9 Å². The average Bonchev–Trinajstić information content (AvgIpc) is 2.91. The molecule has 1 saturated heterocycles. The lowest BCUT2D eigenvalue weighted by Crippen LogP contribution is -2.38. The summed E-state index contributed by atoms with van der Waals surface area (Å²) in [7, 11) is 0. The monoisotopic (exact) mass is 291 g/mol. The van der Waals surface area contributed by atoms with Crippen LogP contribution in [0.2, 0.25) is 0 Å². The first-order valence-corrected chi connectivity index (χ1v) is 8.23. The van der Waals surface area contributed by atoms with Crippen LogP contribution in [0.4, 0.5) is 0 Å². The van der Waals surface area contributed by atoms with E-state index in [0.717, 1.165) is 19.5 Å². The molecule has 1 aliphatic rings. The molecule has 0 amide bonds. The van der Waals surface area contributed by atoms with Gasteiger partial charge >= 0.3 is 0 Å². The molecule has 0 aliphatic carbocycles. The van der Waals surface area contributed by atoms with Gasteiger partial charge in [0.1, 0.15) is 0 Å². The second-order valence-electron chi connectivity index (χ2n) is 6.35. The summed E-state index contributed by atoms with van der Waals surface area (Å²) in [5.41, 5.74) is 1.41. The van der Waals surface area contributed by atoms with E-state index in [1.54, 1.807) is 0 Å². The molecule has 3 heteroatoms. The predicted molar refractivity (Wildman–Crippen MR) is 86.5 cm³/mol. The van der Waals surface area contributed by atoms with Crippen molar-refractivity contribution in [2.45, 2.75) is 57.8 Å². The highest BCUT2D eigenvalue weighted by molar-refractivity contribution is 5.14. The largest absolute Gasteiger partial charge is 0.389 e. The summed E-state index contributed by atoms with van der Waals surface area (Å²) in [6.07, 6.45) is 4.63. The van der Waals surface area contributed by atoms with Gasteiger partial charge in [0.05, 0.1) is 18.8 Å². The van der Waals surface area contributed by atoms with Crippen molar-refractivity contribution in [2.75, 3.05) is 19.7 Å². The Morgan fingerprint density at radius 3 is 2.76 bits per heavy atom. The van der Waals surface area contributed by atoms with Crippen molar-refractivity contribution in [2.24, 2.45) is 0 Å². The normalized spacial score (nSPS) is 21.0. The Morgan fingerprint density at radius 2 is 2.05 bits per heavy atom. The third kappa shape index (κ3) is 5.77. The number of ether oxygens (including phenoxy) is 1. The number of nitrogens with zero attached hydrogens (tertiary/aromatic N) is 1. The fourth-order valence-electron chi connectivity index (χ4n) is 3.07. The van der Waals surface area contributed by atoms with Crippen LogP contribution in [0.5, 0.6) is 0 Å². The number of hydrogen-bond donors (Lipinski definition) is 1. The van der Waals surface area contributed by atoms with Crippen LogP contribution in [-0.2, 0) is 11.2 Å². The first-order chi connectivity index (χ1) is 10.1. The molecule has 0 spiro atoms. The molecule has 1 fully saturated rings. The highest BCUT2D eigenvalue weighted by Crippen LogP contribution is 2.22. The van der Waals surface area contributed by atoms with Crippen molar-refractivity contribution >= 4 is 0 Å². The second-order valence-corrected chi connectivity index (χ2v) is 6.35. The number of benzene rings is 1. The van der Waals surface area contributed by atoms with Crippen LogP contribution in [0.15, 0.2) is 30.3 Å². The summed E-state index contributed by atoms with van der Waals surface area (Å²) in [6, 6.07) is 11.3. The lowest BCUT2D eigenvalue weighted by atomic mass is 10.0. The van der Waals surface area contributed by atoms with Crippen molar-refractivity contribution < 1.29 is 9.84 Å². The van der Waals surface area contributed by atoms with Gasteiger partial charge in [-0.15, -0.1) is 0 Å². The SMILES string of the molecule is CC(C)OCC(O)CN1CCCC1CCc1ccccc1. The van der Waals surface area contributed by atoms with Crippen molar-refractivity contribution in [3.8, 4) is 0 Å². The molecule has 3 nitrogen and oxygen atoms in total. The van der Waals surface area contributed by atoms with Gasteiger partial charge < -0.3 is 9.84 Å². The zero-order valence-electron chi connectivity index (χ0n) is 13.4. The Balaban J connectivity index is 1.75. The van der Waals surface area contributed by atoms with E-state index < -0.39 is 0 Å². The van der Waals surface area contributed by atoms with Crippen LogP contribution in [0.3, 0.4) is 0 Å². The van der Waals surface area contributed by atoms with Crippen LogP contribution >= 0.6 is 0 Å². The number of hydrogen-bond acceptors (Lipinski definition) is 3. The minimum atomic E-state index is -0.371. The van der Waals surface area contributed by atoms with E-state index in [0.29, 0.717) is 12.6 Å². The molecular weight excluding hydrogens is 262 g/mol. The minimum absolute atomic E-state index is 0.187. The van der Waals surface area contributed by atoms with Gasteiger partial charge in [-0.3, -0.25) is 4.90 Å². The molecular formula is C18H29NO2. The van der Waals surface area contributed by atoms with E-state index in [-0.39, 0.29) is 12.2 Å². The lowest BCUT2D eigenvalue weighted by molar-refractivity contribution is -0.0103. The van der Waals surface area contributed by atoms with Crippen molar-refractivity contribution in [1.82, 2.24) is 4.90 Å². The Morgan fingerprint density at radius 1 is 1.29 bits per heavy atom. The number of aliphatic hydroxyl groups excluding tert-OH is 1. The molecule has 2 rings (SSSR count). The molecule has 118 valence electrons. The third-order valence-electron chi connectivity index (χ3n) is 4.18. The summed E-state index contributed by atoms with van der Waals surface area (Å²) >= 11 is 0. The number of β-amino-alcohol motifs (C(OH)–C–C–N with tert-alkyl or cyclic N) is 1. The molecule has 0 radical (unpaired) electrons. The maximum atomic E-state index is 10.1. The topological polar surface area (TPSA) is 32.7 Å². The molecule has 0 saturated carbocycles. The standard InChI is InChI=1S/C18H29NO2/c1-15(2)21-14-18(20)13-19-12-6-9-17(19)11-10-16-7-4-3-5-8-16/h3-5,7-8,15,17-18,20H,6,9-14H2,1-2H3. The van der Waals surface area contributed by atoms with E-state index >= 15 is 0 Å². The van der Waals surface area contributed by atoms with Gasteiger partial charge in [0.25, 0.3) is 0 Å². The maximum absolute atomic E-state index is 10.1. The third-order valence-corrected chi connectivity index (χ3v) is 4.18. The number of aryl methyl sites for hydroxylation is 1.